The molecule has 1 aromatic rings. The Hall–Kier alpha value is -0.700. The van der Waals surface area contributed by atoms with Crippen LogP contribution in [0.4, 0.5) is 5.69 Å². The van der Waals surface area contributed by atoms with Gasteiger partial charge in [0.2, 0.25) is 0 Å². The van der Waals surface area contributed by atoms with Crippen LogP contribution in [0, 0.1) is 0 Å². The van der Waals surface area contributed by atoms with Gasteiger partial charge in [0.25, 0.3) is 0 Å². The average Bonchev–Trinajstić information content (AvgIpc) is 2.71. The molecular formula is C11H14BrNO. The molecule has 1 fully saturated rings. The van der Waals surface area contributed by atoms with Crippen LogP contribution >= 0.6 is 15.9 Å². The van der Waals surface area contributed by atoms with Crippen molar-refractivity contribution >= 4 is 21.6 Å². The normalized spacial score (nSPS) is 16.0. The van der Waals surface area contributed by atoms with Gasteiger partial charge < -0.3 is 9.64 Å². The molecule has 1 aliphatic rings. The van der Waals surface area contributed by atoms with E-state index in [0.717, 1.165) is 10.2 Å². The number of halogens is 1. The summed E-state index contributed by atoms with van der Waals surface area (Å²) >= 11 is 3.46. The number of rotatable bonds is 2. The Morgan fingerprint density at radius 2 is 2.00 bits per heavy atom. The van der Waals surface area contributed by atoms with Gasteiger partial charge in [0, 0.05) is 24.8 Å². The summed E-state index contributed by atoms with van der Waals surface area (Å²) in [5.41, 5.74) is 1.27. The van der Waals surface area contributed by atoms with E-state index >= 15 is 0 Å². The molecule has 14 heavy (non-hydrogen) atoms. The maximum atomic E-state index is 5.27. The third kappa shape index (κ3) is 1.87. The maximum Gasteiger partial charge on any atom is 0.135 e. The lowest BCUT2D eigenvalue weighted by atomic mass is 10.3. The van der Waals surface area contributed by atoms with Gasteiger partial charge in [0.1, 0.15) is 5.75 Å². The Balaban J connectivity index is 2.25. The van der Waals surface area contributed by atoms with Crippen LogP contribution in [0.1, 0.15) is 12.8 Å². The van der Waals surface area contributed by atoms with Crippen LogP contribution in [0.3, 0.4) is 0 Å². The summed E-state index contributed by atoms with van der Waals surface area (Å²) in [7, 11) is 1.70. The highest BCUT2D eigenvalue weighted by Crippen LogP contribution is 2.30. The zero-order valence-electron chi connectivity index (χ0n) is 8.29. The minimum absolute atomic E-state index is 0.911. The quantitative estimate of drug-likeness (QED) is 0.806. The topological polar surface area (TPSA) is 12.5 Å². The third-order valence-electron chi connectivity index (χ3n) is 2.61. The molecule has 3 heteroatoms. The summed E-state index contributed by atoms with van der Waals surface area (Å²) in [5.74, 6) is 0.911. The summed E-state index contributed by atoms with van der Waals surface area (Å²) < 4.78 is 6.29. The molecule has 2 rings (SSSR count). The predicted octanol–water partition coefficient (Wildman–Crippen LogP) is 3.06. The average molecular weight is 256 g/mol. The van der Waals surface area contributed by atoms with E-state index in [9.17, 15) is 0 Å². The predicted molar refractivity (Wildman–Crippen MR) is 62.1 cm³/mol. The van der Waals surface area contributed by atoms with Gasteiger partial charge in [-0.05, 0) is 40.9 Å². The molecule has 0 unspecified atom stereocenters. The maximum absolute atomic E-state index is 5.27. The van der Waals surface area contributed by atoms with E-state index in [-0.39, 0.29) is 0 Å². The van der Waals surface area contributed by atoms with Crippen LogP contribution in [0.25, 0.3) is 0 Å². The second-order valence-electron chi connectivity index (χ2n) is 3.51. The fraction of sp³-hybridized carbons (Fsp3) is 0.455. The van der Waals surface area contributed by atoms with Crippen LogP contribution in [0.5, 0.6) is 5.75 Å². The highest BCUT2D eigenvalue weighted by Gasteiger charge is 2.13. The van der Waals surface area contributed by atoms with Crippen molar-refractivity contribution in [1.82, 2.24) is 0 Å². The molecule has 0 amide bonds. The Morgan fingerprint density at radius 3 is 2.64 bits per heavy atom. The zero-order chi connectivity index (χ0) is 9.97. The number of benzene rings is 1. The molecule has 1 heterocycles. The smallest absolute Gasteiger partial charge is 0.135 e. The van der Waals surface area contributed by atoms with Crippen molar-refractivity contribution in [2.24, 2.45) is 0 Å². The van der Waals surface area contributed by atoms with Crippen LogP contribution in [-0.2, 0) is 0 Å². The number of ether oxygens (including phenoxy) is 1. The van der Waals surface area contributed by atoms with Crippen LogP contribution in [0.15, 0.2) is 22.7 Å². The number of nitrogens with zero attached hydrogens (tertiary/aromatic N) is 1. The van der Waals surface area contributed by atoms with E-state index in [2.05, 4.69) is 33.0 Å². The molecule has 0 bridgehead atoms. The fourth-order valence-corrected chi connectivity index (χ4v) is 2.23. The first kappa shape index (κ1) is 9.84. The molecule has 0 aliphatic carbocycles. The molecule has 1 saturated heterocycles. The molecule has 0 atom stereocenters. The van der Waals surface area contributed by atoms with Gasteiger partial charge in [-0.25, -0.2) is 0 Å². The van der Waals surface area contributed by atoms with Gasteiger partial charge in [-0.1, -0.05) is 0 Å². The highest BCUT2D eigenvalue weighted by molar-refractivity contribution is 9.10. The molecule has 1 aromatic carbocycles. The number of hydrogen-bond acceptors (Lipinski definition) is 2. The third-order valence-corrected chi connectivity index (χ3v) is 3.26. The molecule has 0 aromatic heterocycles. The van der Waals surface area contributed by atoms with Crippen molar-refractivity contribution in [3.63, 3.8) is 0 Å². The van der Waals surface area contributed by atoms with Crippen LogP contribution in [0.2, 0.25) is 0 Å². The Morgan fingerprint density at radius 1 is 1.29 bits per heavy atom. The van der Waals surface area contributed by atoms with Crippen molar-refractivity contribution in [3.05, 3.63) is 22.7 Å². The summed E-state index contributed by atoms with van der Waals surface area (Å²) in [6.45, 7) is 2.34. The first-order valence-corrected chi connectivity index (χ1v) is 5.69. The molecule has 76 valence electrons. The van der Waals surface area contributed by atoms with E-state index in [1.54, 1.807) is 7.11 Å². The minimum Gasteiger partial charge on any atom is -0.495 e. The second-order valence-corrected chi connectivity index (χ2v) is 4.37. The van der Waals surface area contributed by atoms with Gasteiger partial charge in [0.15, 0.2) is 0 Å². The minimum atomic E-state index is 0.911. The van der Waals surface area contributed by atoms with Gasteiger partial charge >= 0.3 is 0 Å². The molecule has 0 saturated carbocycles. The first-order chi connectivity index (χ1) is 6.81. The van der Waals surface area contributed by atoms with Gasteiger partial charge in [-0.15, -0.1) is 0 Å². The van der Waals surface area contributed by atoms with E-state index in [4.69, 9.17) is 4.74 Å². The summed E-state index contributed by atoms with van der Waals surface area (Å²) in [5, 5.41) is 0. The standard InChI is InChI=1S/C11H14BrNO/c1-14-11-8-9(4-5-10(11)12)13-6-2-3-7-13/h4-5,8H,2-3,6-7H2,1H3. The first-order valence-electron chi connectivity index (χ1n) is 4.90. The lowest BCUT2D eigenvalue weighted by molar-refractivity contribution is 0.412. The van der Waals surface area contributed by atoms with E-state index in [1.165, 1.54) is 31.6 Å². The number of hydrogen-bond donors (Lipinski definition) is 0. The van der Waals surface area contributed by atoms with Crippen molar-refractivity contribution in [3.8, 4) is 5.75 Å². The molecule has 0 N–H and O–H groups in total. The second kappa shape index (κ2) is 4.22. The van der Waals surface area contributed by atoms with Gasteiger partial charge in [0.05, 0.1) is 11.6 Å². The lowest BCUT2D eigenvalue weighted by Gasteiger charge is -2.18. The van der Waals surface area contributed by atoms with Crippen molar-refractivity contribution in [1.29, 1.82) is 0 Å². The largest absolute Gasteiger partial charge is 0.495 e. The van der Waals surface area contributed by atoms with Crippen molar-refractivity contribution in [2.75, 3.05) is 25.1 Å². The summed E-state index contributed by atoms with van der Waals surface area (Å²) in [4.78, 5) is 2.40. The lowest BCUT2D eigenvalue weighted by Crippen LogP contribution is -2.17. The number of methoxy groups -OCH3 is 1. The molecule has 0 radical (unpaired) electrons. The molecule has 2 nitrogen and oxygen atoms in total. The Bertz CT molecular complexity index is 321. The van der Waals surface area contributed by atoms with E-state index in [1.807, 2.05) is 6.07 Å². The summed E-state index contributed by atoms with van der Waals surface area (Å²) in [6, 6.07) is 6.28. The monoisotopic (exact) mass is 255 g/mol. The van der Waals surface area contributed by atoms with Gasteiger partial charge in [-0.3, -0.25) is 0 Å². The zero-order valence-corrected chi connectivity index (χ0v) is 9.88. The summed E-state index contributed by atoms with van der Waals surface area (Å²) in [6.07, 6.45) is 2.61. The molecular weight excluding hydrogens is 242 g/mol. The van der Waals surface area contributed by atoms with E-state index in [0.29, 0.717) is 0 Å². The SMILES string of the molecule is COc1cc(N2CCCC2)ccc1Br. The van der Waals surface area contributed by atoms with Crippen LogP contribution < -0.4 is 9.64 Å². The van der Waals surface area contributed by atoms with Crippen molar-refractivity contribution < 1.29 is 4.74 Å². The Labute approximate surface area is 93.0 Å². The highest BCUT2D eigenvalue weighted by atomic mass is 79.9. The van der Waals surface area contributed by atoms with Crippen LogP contribution in [-0.4, -0.2) is 20.2 Å². The fourth-order valence-electron chi connectivity index (χ4n) is 1.82. The Kier molecular flexibility index (Phi) is 2.96. The molecule has 1 aliphatic heterocycles. The number of anilines is 1. The molecule has 0 spiro atoms. The van der Waals surface area contributed by atoms with Gasteiger partial charge in [-0.2, -0.15) is 0 Å². The van der Waals surface area contributed by atoms with Crippen molar-refractivity contribution in [2.45, 2.75) is 12.8 Å². The van der Waals surface area contributed by atoms with E-state index < -0.39 is 0 Å².